The maximum atomic E-state index is 10.4. The number of carboxylic acids is 1. The van der Waals surface area contributed by atoms with E-state index in [1.54, 1.807) is 24.3 Å². The molecule has 0 unspecified atom stereocenters. The Morgan fingerprint density at radius 1 is 1.00 bits per heavy atom. The molecule has 4 heteroatoms. The van der Waals surface area contributed by atoms with Crippen LogP contribution in [-0.2, 0) is 6.42 Å². The Labute approximate surface area is 137 Å². The summed E-state index contributed by atoms with van der Waals surface area (Å²) in [6.07, 6.45) is 4.94. The Morgan fingerprint density at radius 2 is 1.61 bits per heavy atom. The molecule has 4 nitrogen and oxygen atoms in total. The smallest absolute Gasteiger partial charge is 0.335 e. The Kier molecular flexibility index (Phi) is 8.29. The number of phenols is 1. The highest BCUT2D eigenvalue weighted by Crippen LogP contribution is 2.12. The molecule has 23 heavy (non-hydrogen) atoms. The predicted octanol–water partition coefficient (Wildman–Crippen LogP) is 4.52. The standard InChI is InChI=1S/C11H16O.C8H8O3/c1-2-3-4-5-10-6-8-11(12)9-7-10;1-11-7-4-2-6(3-5-7)8(9)10/h6-9,12H,2-5H2,1H3;2-5H,1H3,(H,9,10). The SMILES string of the molecule is CCCCCc1ccc(O)cc1.COc1ccc(C(=O)O)cc1. The minimum atomic E-state index is -0.923. The number of benzene rings is 2. The van der Waals surface area contributed by atoms with Crippen LogP contribution in [0, 0.1) is 0 Å². The lowest BCUT2D eigenvalue weighted by Crippen LogP contribution is -1.95. The van der Waals surface area contributed by atoms with Gasteiger partial charge < -0.3 is 14.9 Å². The van der Waals surface area contributed by atoms with Crippen LogP contribution in [0.25, 0.3) is 0 Å². The molecule has 0 bridgehead atoms. The molecule has 2 aromatic rings. The van der Waals surface area contributed by atoms with Gasteiger partial charge in [-0.2, -0.15) is 0 Å². The Bertz CT molecular complexity index is 573. The maximum Gasteiger partial charge on any atom is 0.335 e. The van der Waals surface area contributed by atoms with Crippen molar-refractivity contribution in [2.45, 2.75) is 32.6 Å². The summed E-state index contributed by atoms with van der Waals surface area (Å²) in [5, 5.41) is 17.5. The Balaban J connectivity index is 0.000000231. The van der Waals surface area contributed by atoms with Crippen LogP contribution in [0.2, 0.25) is 0 Å². The van der Waals surface area contributed by atoms with E-state index in [2.05, 4.69) is 6.92 Å². The van der Waals surface area contributed by atoms with Crippen LogP contribution in [0.5, 0.6) is 11.5 Å². The summed E-state index contributed by atoms with van der Waals surface area (Å²) in [5.74, 6) is 0.0943. The van der Waals surface area contributed by atoms with Gasteiger partial charge >= 0.3 is 5.97 Å². The van der Waals surface area contributed by atoms with E-state index in [9.17, 15) is 4.79 Å². The third kappa shape index (κ3) is 7.36. The molecular weight excluding hydrogens is 292 g/mol. The van der Waals surface area contributed by atoms with Crippen LogP contribution >= 0.6 is 0 Å². The number of carbonyl (C=O) groups is 1. The quantitative estimate of drug-likeness (QED) is 0.769. The van der Waals surface area contributed by atoms with Gasteiger partial charge in [0.05, 0.1) is 12.7 Å². The molecule has 0 heterocycles. The molecule has 0 atom stereocenters. The molecule has 0 aromatic heterocycles. The van der Waals surface area contributed by atoms with Gasteiger partial charge in [-0.3, -0.25) is 0 Å². The molecule has 2 N–H and O–H groups in total. The lowest BCUT2D eigenvalue weighted by atomic mass is 10.1. The molecule has 0 spiro atoms. The van der Waals surface area contributed by atoms with Gasteiger partial charge in [-0.05, 0) is 54.8 Å². The number of ether oxygens (including phenoxy) is 1. The van der Waals surface area contributed by atoms with E-state index in [-0.39, 0.29) is 5.56 Å². The van der Waals surface area contributed by atoms with Crippen LogP contribution in [0.1, 0.15) is 42.1 Å². The van der Waals surface area contributed by atoms with Crippen molar-refractivity contribution in [2.24, 2.45) is 0 Å². The number of hydrogen-bond donors (Lipinski definition) is 2. The first kappa shape index (κ1) is 18.6. The summed E-state index contributed by atoms with van der Waals surface area (Å²) in [4.78, 5) is 10.4. The monoisotopic (exact) mass is 316 g/mol. The molecule has 0 aliphatic carbocycles. The van der Waals surface area contributed by atoms with Crippen LogP contribution < -0.4 is 4.74 Å². The minimum absolute atomic E-state index is 0.269. The number of unbranched alkanes of at least 4 members (excludes halogenated alkanes) is 2. The number of aromatic hydroxyl groups is 1. The van der Waals surface area contributed by atoms with Crippen molar-refractivity contribution in [3.05, 3.63) is 59.7 Å². The minimum Gasteiger partial charge on any atom is -0.508 e. The van der Waals surface area contributed by atoms with E-state index in [0.29, 0.717) is 11.5 Å². The van der Waals surface area contributed by atoms with Crippen LogP contribution in [-0.4, -0.2) is 23.3 Å². The average Bonchev–Trinajstić information content (AvgIpc) is 2.57. The number of phenolic OH excluding ortho intramolecular Hbond substituents is 1. The normalized spacial score (nSPS) is 9.65. The molecule has 0 saturated carbocycles. The summed E-state index contributed by atoms with van der Waals surface area (Å²) in [6.45, 7) is 2.21. The second kappa shape index (κ2) is 10.3. The van der Waals surface area contributed by atoms with Gasteiger partial charge in [0.2, 0.25) is 0 Å². The highest BCUT2D eigenvalue weighted by Gasteiger charge is 2.00. The van der Waals surface area contributed by atoms with Crippen LogP contribution in [0.4, 0.5) is 0 Å². The van der Waals surface area contributed by atoms with Gasteiger partial charge in [0, 0.05) is 0 Å². The van der Waals surface area contributed by atoms with Gasteiger partial charge in [0.1, 0.15) is 11.5 Å². The maximum absolute atomic E-state index is 10.4. The molecule has 0 aliphatic rings. The molecule has 0 radical (unpaired) electrons. The average molecular weight is 316 g/mol. The fraction of sp³-hybridized carbons (Fsp3) is 0.316. The van der Waals surface area contributed by atoms with E-state index >= 15 is 0 Å². The topological polar surface area (TPSA) is 66.8 Å². The Hall–Kier alpha value is -2.49. The number of aryl methyl sites for hydroxylation is 1. The fourth-order valence-corrected chi connectivity index (χ4v) is 1.98. The zero-order chi connectivity index (χ0) is 17.1. The predicted molar refractivity (Wildman–Crippen MR) is 91.3 cm³/mol. The van der Waals surface area contributed by atoms with Gasteiger partial charge in [0.15, 0.2) is 0 Å². The molecule has 2 rings (SSSR count). The molecule has 2 aromatic carbocycles. The van der Waals surface area contributed by atoms with Crippen molar-refractivity contribution in [1.29, 1.82) is 0 Å². The number of rotatable bonds is 6. The second-order valence-corrected chi connectivity index (χ2v) is 5.16. The number of carboxylic acid groups (broad SMARTS) is 1. The van der Waals surface area contributed by atoms with Gasteiger partial charge in [-0.1, -0.05) is 31.9 Å². The Morgan fingerprint density at radius 3 is 2.09 bits per heavy atom. The summed E-state index contributed by atoms with van der Waals surface area (Å²) >= 11 is 0. The molecular formula is C19H24O4. The fourth-order valence-electron chi connectivity index (χ4n) is 1.98. The molecule has 124 valence electrons. The van der Waals surface area contributed by atoms with Crippen molar-refractivity contribution in [2.75, 3.05) is 7.11 Å². The van der Waals surface area contributed by atoms with Crippen LogP contribution in [0.3, 0.4) is 0 Å². The first-order valence-electron chi connectivity index (χ1n) is 7.72. The number of aromatic carboxylic acids is 1. The summed E-state index contributed by atoms with van der Waals surface area (Å²) < 4.78 is 4.86. The van der Waals surface area contributed by atoms with E-state index < -0.39 is 5.97 Å². The molecule has 0 amide bonds. The van der Waals surface area contributed by atoms with E-state index in [0.717, 1.165) is 6.42 Å². The summed E-state index contributed by atoms with van der Waals surface area (Å²) in [6, 6.07) is 13.7. The van der Waals surface area contributed by atoms with Gasteiger partial charge in [-0.15, -0.1) is 0 Å². The number of hydrogen-bond acceptors (Lipinski definition) is 3. The molecule has 0 fully saturated rings. The van der Waals surface area contributed by atoms with E-state index in [1.165, 1.54) is 44.1 Å². The summed E-state index contributed by atoms with van der Waals surface area (Å²) in [5.41, 5.74) is 1.59. The second-order valence-electron chi connectivity index (χ2n) is 5.16. The largest absolute Gasteiger partial charge is 0.508 e. The lowest BCUT2D eigenvalue weighted by Gasteiger charge is -1.99. The van der Waals surface area contributed by atoms with Gasteiger partial charge in [0.25, 0.3) is 0 Å². The van der Waals surface area contributed by atoms with Crippen LogP contribution in [0.15, 0.2) is 48.5 Å². The van der Waals surface area contributed by atoms with Crippen molar-refractivity contribution < 1.29 is 19.7 Å². The first-order valence-corrected chi connectivity index (χ1v) is 7.72. The van der Waals surface area contributed by atoms with E-state index in [1.807, 2.05) is 12.1 Å². The zero-order valence-corrected chi connectivity index (χ0v) is 13.7. The lowest BCUT2D eigenvalue weighted by molar-refractivity contribution is 0.0697. The van der Waals surface area contributed by atoms with Crippen molar-refractivity contribution in [3.63, 3.8) is 0 Å². The molecule has 0 saturated heterocycles. The highest BCUT2D eigenvalue weighted by atomic mass is 16.5. The van der Waals surface area contributed by atoms with E-state index in [4.69, 9.17) is 14.9 Å². The summed E-state index contributed by atoms with van der Waals surface area (Å²) in [7, 11) is 1.54. The van der Waals surface area contributed by atoms with Crippen molar-refractivity contribution in [3.8, 4) is 11.5 Å². The van der Waals surface area contributed by atoms with Crippen molar-refractivity contribution >= 4 is 5.97 Å². The molecule has 0 aliphatic heterocycles. The highest BCUT2D eigenvalue weighted by molar-refractivity contribution is 5.87. The van der Waals surface area contributed by atoms with Crippen molar-refractivity contribution in [1.82, 2.24) is 0 Å². The first-order chi connectivity index (χ1) is 11.1. The third-order valence-electron chi connectivity index (χ3n) is 3.34. The zero-order valence-electron chi connectivity index (χ0n) is 13.7. The van der Waals surface area contributed by atoms with Gasteiger partial charge in [-0.25, -0.2) is 4.79 Å². The third-order valence-corrected chi connectivity index (χ3v) is 3.34. The number of methoxy groups -OCH3 is 1.